The second-order valence-electron chi connectivity index (χ2n) is 29.3. The predicted molar refractivity (Wildman–Crippen MR) is 381 cm³/mol. The second kappa shape index (κ2) is 38.8. The van der Waals surface area contributed by atoms with Gasteiger partial charge in [-0.25, -0.2) is 4.79 Å². The average Bonchev–Trinajstić information content (AvgIpc) is 0.829. The third-order valence-corrected chi connectivity index (χ3v) is 19.7. The number of fused-ring (bicyclic) bond motifs is 3. The van der Waals surface area contributed by atoms with Crippen LogP contribution in [0, 0.1) is 44.4 Å². The number of benzene rings is 3. The lowest BCUT2D eigenvalue weighted by molar-refractivity contribution is -0.142. The molecule has 7 atom stereocenters. The highest BCUT2D eigenvalue weighted by molar-refractivity contribution is 5.85. The lowest BCUT2D eigenvalue weighted by atomic mass is 9.85. The highest BCUT2D eigenvalue weighted by Crippen LogP contribution is 2.43. The number of carboxylic acid groups (broad SMARTS) is 3. The number of aromatic hydroxyl groups is 3. The van der Waals surface area contributed by atoms with E-state index in [-0.39, 0.29) is 28.6 Å². The van der Waals surface area contributed by atoms with Crippen LogP contribution in [0.25, 0.3) is 0 Å². The number of carbonyl (C=O) groups is 3. The third-order valence-electron chi connectivity index (χ3n) is 19.7. The Balaban J connectivity index is 0.000000297. The molecule has 12 nitrogen and oxygen atoms in total. The minimum absolute atomic E-state index is 0.101. The van der Waals surface area contributed by atoms with Crippen molar-refractivity contribution < 1.29 is 59.2 Å². The maximum Gasteiger partial charge on any atom is 0.330 e. The minimum atomic E-state index is -0.839. The summed E-state index contributed by atoms with van der Waals surface area (Å²) in [5.74, 6) is 2.58. The van der Waals surface area contributed by atoms with Crippen molar-refractivity contribution >= 4 is 17.9 Å². The van der Waals surface area contributed by atoms with E-state index in [0.29, 0.717) is 28.7 Å². The molecule has 0 fully saturated rings. The molecule has 12 heteroatoms. The van der Waals surface area contributed by atoms with Crippen LogP contribution in [-0.2, 0) is 33.6 Å². The lowest BCUT2D eigenvalue weighted by Crippen LogP contribution is -2.36. The van der Waals surface area contributed by atoms with Gasteiger partial charge in [-0.3, -0.25) is 9.59 Å². The van der Waals surface area contributed by atoms with E-state index in [1.54, 1.807) is 45.0 Å². The van der Waals surface area contributed by atoms with Gasteiger partial charge in [-0.05, 0) is 299 Å². The topological polar surface area (TPSA) is 200 Å². The van der Waals surface area contributed by atoms with Crippen LogP contribution < -0.4 is 14.2 Å². The van der Waals surface area contributed by atoms with Crippen molar-refractivity contribution in [1.29, 1.82) is 0 Å². The van der Waals surface area contributed by atoms with Crippen LogP contribution in [0.5, 0.6) is 34.5 Å². The number of allylic oxidation sites excluding steroid dienone is 9. The Bertz CT molecular complexity index is 3050. The quantitative estimate of drug-likeness (QED) is 0.0245. The summed E-state index contributed by atoms with van der Waals surface area (Å²) in [6.45, 7) is 31.2. The molecule has 7 unspecified atom stereocenters. The first-order chi connectivity index (χ1) is 43.8. The number of rotatable bonds is 34. The molecule has 518 valence electrons. The van der Waals surface area contributed by atoms with Gasteiger partial charge in [0.15, 0.2) is 0 Å². The van der Waals surface area contributed by atoms with Gasteiger partial charge in [0.2, 0.25) is 0 Å². The number of carboxylic acids is 3. The molecule has 3 aliphatic rings. The smallest absolute Gasteiger partial charge is 0.330 e. The van der Waals surface area contributed by atoms with Crippen molar-refractivity contribution in [2.75, 3.05) is 0 Å². The SMILES string of the molecule is C/C(=C\CC/C(C)=C/CCC1(C)CCc2cc(O)cc(C)c2O1)CC/C=C(\C)C(=O)O.C/C(=C\CCC1(C)CCc2cc(O)cc(C)c2O1)CC/C=C(\C)CCCC(C)C(=O)O.Cc1cc(O)cc2c1OC(C)(CCCC(C)CCCC(C)CCCC(C)C(=O)O)CC2. The molecule has 0 saturated heterocycles. The van der Waals surface area contributed by atoms with Crippen LogP contribution in [0.4, 0.5) is 0 Å². The van der Waals surface area contributed by atoms with Gasteiger partial charge in [0.05, 0.1) is 11.8 Å². The van der Waals surface area contributed by atoms with E-state index in [1.165, 1.54) is 54.4 Å². The zero-order valence-electron chi connectivity index (χ0n) is 60.1. The number of hydrogen-bond acceptors (Lipinski definition) is 9. The summed E-state index contributed by atoms with van der Waals surface area (Å²) in [5.41, 5.74) is 11.9. The molecule has 0 aliphatic carbocycles. The fourth-order valence-corrected chi connectivity index (χ4v) is 13.1. The molecule has 0 aromatic heterocycles. The van der Waals surface area contributed by atoms with E-state index in [9.17, 15) is 29.7 Å². The third kappa shape index (κ3) is 29.0. The largest absolute Gasteiger partial charge is 0.508 e. The van der Waals surface area contributed by atoms with E-state index in [4.69, 9.17) is 29.5 Å². The Kier molecular flexibility index (Phi) is 33.0. The summed E-state index contributed by atoms with van der Waals surface area (Å²) in [6.07, 6.45) is 39.5. The van der Waals surface area contributed by atoms with E-state index in [1.807, 2.05) is 39.0 Å². The highest BCUT2D eigenvalue weighted by Gasteiger charge is 2.35. The van der Waals surface area contributed by atoms with Crippen molar-refractivity contribution in [3.05, 3.63) is 128 Å². The van der Waals surface area contributed by atoms with Crippen molar-refractivity contribution in [2.24, 2.45) is 23.7 Å². The van der Waals surface area contributed by atoms with Crippen LogP contribution in [0.1, 0.15) is 277 Å². The minimum Gasteiger partial charge on any atom is -0.508 e. The number of aryl methyl sites for hydroxylation is 6. The molecule has 93 heavy (non-hydrogen) atoms. The average molecular weight is 1290 g/mol. The van der Waals surface area contributed by atoms with Crippen molar-refractivity contribution in [1.82, 2.24) is 0 Å². The van der Waals surface area contributed by atoms with Gasteiger partial charge < -0.3 is 44.8 Å². The summed E-state index contributed by atoms with van der Waals surface area (Å²) in [4.78, 5) is 32.6. The van der Waals surface area contributed by atoms with Gasteiger partial charge in [0, 0.05) is 5.57 Å². The number of phenols is 3. The van der Waals surface area contributed by atoms with Gasteiger partial charge in [-0.1, -0.05) is 119 Å². The van der Waals surface area contributed by atoms with Crippen molar-refractivity contribution in [3.8, 4) is 34.5 Å². The van der Waals surface area contributed by atoms with Crippen LogP contribution in [0.2, 0.25) is 0 Å². The molecule has 3 aromatic rings. The second-order valence-corrected chi connectivity index (χ2v) is 29.3. The molecule has 0 radical (unpaired) electrons. The van der Waals surface area contributed by atoms with Gasteiger partial charge in [0.1, 0.15) is 51.3 Å². The maximum atomic E-state index is 10.9. The Labute approximate surface area is 561 Å². The van der Waals surface area contributed by atoms with Crippen LogP contribution in [-0.4, -0.2) is 65.4 Å². The molecular weight excluding hydrogens is 1160 g/mol. The fourth-order valence-electron chi connectivity index (χ4n) is 13.1. The lowest BCUT2D eigenvalue weighted by Gasteiger charge is -2.37. The van der Waals surface area contributed by atoms with Gasteiger partial charge >= 0.3 is 17.9 Å². The number of phenolic OH excluding ortho intramolecular Hbond substituents is 3. The zero-order chi connectivity index (χ0) is 69.1. The zero-order valence-corrected chi connectivity index (χ0v) is 60.1. The van der Waals surface area contributed by atoms with Gasteiger partial charge in [-0.15, -0.1) is 0 Å². The van der Waals surface area contributed by atoms with Crippen LogP contribution in [0.3, 0.4) is 0 Å². The fraction of sp³-hybridized carbons (Fsp3) is 0.617. The molecule has 0 amide bonds. The van der Waals surface area contributed by atoms with Crippen molar-refractivity contribution in [3.63, 3.8) is 0 Å². The molecule has 6 rings (SSSR count). The monoisotopic (exact) mass is 1290 g/mol. The summed E-state index contributed by atoms with van der Waals surface area (Å²) in [6, 6.07) is 10.8. The Morgan fingerprint density at radius 1 is 0.430 bits per heavy atom. The first-order valence-electron chi connectivity index (χ1n) is 35.3. The summed E-state index contributed by atoms with van der Waals surface area (Å²) >= 11 is 0. The number of hydrogen-bond donors (Lipinski definition) is 6. The molecular formula is C81H122O12. The molecule has 0 spiro atoms. The predicted octanol–water partition coefficient (Wildman–Crippen LogP) is 21.5. The van der Waals surface area contributed by atoms with E-state index in [2.05, 4.69) is 86.6 Å². The van der Waals surface area contributed by atoms with E-state index in [0.717, 1.165) is 204 Å². The Hall–Kier alpha value is -6.43. The first kappa shape index (κ1) is 79.0. The van der Waals surface area contributed by atoms with E-state index < -0.39 is 17.9 Å². The Morgan fingerprint density at radius 2 is 0.742 bits per heavy atom. The van der Waals surface area contributed by atoms with E-state index >= 15 is 0 Å². The van der Waals surface area contributed by atoms with Crippen LogP contribution in [0.15, 0.2) is 94.6 Å². The van der Waals surface area contributed by atoms with Gasteiger partial charge in [0.25, 0.3) is 0 Å². The maximum absolute atomic E-state index is 10.9. The van der Waals surface area contributed by atoms with Crippen LogP contribution >= 0.6 is 0 Å². The van der Waals surface area contributed by atoms with Gasteiger partial charge in [-0.2, -0.15) is 0 Å². The van der Waals surface area contributed by atoms with Crippen molar-refractivity contribution in [2.45, 2.75) is 300 Å². The number of ether oxygens (including phenoxy) is 3. The summed E-state index contributed by atoms with van der Waals surface area (Å²) in [5, 5.41) is 56.2. The first-order valence-corrected chi connectivity index (χ1v) is 35.3. The molecule has 6 N–H and O–H groups in total. The molecule has 3 aliphatic heterocycles. The summed E-state index contributed by atoms with van der Waals surface area (Å²) in [7, 11) is 0. The molecule has 3 heterocycles. The molecule has 3 aromatic carbocycles. The standard InChI is InChI=1S/C27H44O4.C27H40O4.C27H38O4/c3*1-19(11-7-13-21(3)26(29)30)9-6-10-20(2)12-8-15-27(5)16-14-23-18-24(28)17-22(4)25(23)31-27/h17-21,28H,6-16H2,1-5H3,(H,29,30);9,12,17-18,21,28H,6-8,10-11,13-16H2,1-5H3,(H,29,30);9,12-13,17-18,28H,6-8,10-11,14-16H2,1-5H3,(H,29,30)/b;19-9+,20-12+;19-9+,20-12+,21-13+. The molecule has 0 saturated carbocycles. The highest BCUT2D eigenvalue weighted by atomic mass is 16.5. The molecule has 0 bridgehead atoms. The number of aliphatic carboxylic acids is 3. The normalized spacial score (nSPS) is 20.3. The summed E-state index contributed by atoms with van der Waals surface area (Å²) < 4.78 is 19.2. The Morgan fingerprint density at radius 3 is 1.11 bits per heavy atom.